The summed E-state index contributed by atoms with van der Waals surface area (Å²) in [5, 5.41) is 3.27. The third kappa shape index (κ3) is 4.23. The lowest BCUT2D eigenvalue weighted by atomic mass is 10.2. The fourth-order valence-electron chi connectivity index (χ4n) is 1.68. The molecule has 1 rings (SSSR count). The van der Waals surface area contributed by atoms with E-state index < -0.39 is 0 Å². The number of ether oxygens (including phenoxy) is 2. The van der Waals surface area contributed by atoms with Gasteiger partial charge in [0.15, 0.2) is 5.82 Å². The largest absolute Gasteiger partial charge is 0.378 e. The molecule has 1 aromatic heterocycles. The predicted molar refractivity (Wildman–Crippen MR) is 71.6 cm³/mol. The van der Waals surface area contributed by atoms with Gasteiger partial charge in [0, 0.05) is 26.8 Å². The van der Waals surface area contributed by atoms with Crippen molar-refractivity contribution >= 4 is 5.82 Å². The van der Waals surface area contributed by atoms with Crippen LogP contribution in [0.15, 0.2) is 6.07 Å². The highest BCUT2D eigenvalue weighted by Crippen LogP contribution is 2.19. The summed E-state index contributed by atoms with van der Waals surface area (Å²) in [6.45, 7) is 5.55. The fourth-order valence-corrected chi connectivity index (χ4v) is 1.68. The number of hydrogen-bond donors (Lipinski definition) is 1. The van der Waals surface area contributed by atoms with Crippen molar-refractivity contribution < 1.29 is 9.47 Å². The number of methoxy groups -OCH3 is 2. The molecule has 0 saturated carbocycles. The van der Waals surface area contributed by atoms with Crippen LogP contribution in [-0.4, -0.2) is 30.7 Å². The van der Waals surface area contributed by atoms with Gasteiger partial charge in [-0.3, -0.25) is 0 Å². The lowest BCUT2D eigenvalue weighted by Gasteiger charge is -2.14. The second-order valence-corrected chi connectivity index (χ2v) is 4.10. The summed E-state index contributed by atoms with van der Waals surface area (Å²) < 4.78 is 10.5. The molecule has 1 atom stereocenters. The molecule has 0 radical (unpaired) electrons. The molecule has 1 aromatic rings. The summed E-state index contributed by atoms with van der Waals surface area (Å²) in [6, 6.07) is 1.92. The Labute approximate surface area is 109 Å². The number of aromatic nitrogens is 2. The molecule has 0 aliphatic carbocycles. The van der Waals surface area contributed by atoms with Crippen LogP contribution in [0, 0.1) is 0 Å². The second-order valence-electron chi connectivity index (χ2n) is 4.10. The van der Waals surface area contributed by atoms with Gasteiger partial charge in [-0.15, -0.1) is 0 Å². The summed E-state index contributed by atoms with van der Waals surface area (Å²) in [6.07, 6.45) is 1.84. The minimum atomic E-state index is -0.0658. The highest BCUT2D eigenvalue weighted by atomic mass is 16.5. The van der Waals surface area contributed by atoms with Gasteiger partial charge in [-0.05, 0) is 12.8 Å². The van der Waals surface area contributed by atoms with E-state index in [2.05, 4.69) is 29.1 Å². The molecule has 0 aromatic carbocycles. The first kappa shape index (κ1) is 14.9. The van der Waals surface area contributed by atoms with E-state index in [0.717, 1.165) is 30.9 Å². The predicted octanol–water partition coefficient (Wildman–Crippen LogP) is 2.54. The van der Waals surface area contributed by atoms with E-state index in [0.29, 0.717) is 12.4 Å². The maximum atomic E-state index is 5.38. The normalized spacial score (nSPS) is 12.4. The molecule has 0 aliphatic heterocycles. The highest BCUT2D eigenvalue weighted by molar-refractivity contribution is 5.36. The molecular weight excluding hydrogens is 230 g/mol. The van der Waals surface area contributed by atoms with E-state index in [-0.39, 0.29) is 6.10 Å². The summed E-state index contributed by atoms with van der Waals surface area (Å²) in [7, 11) is 3.34. The molecule has 1 N–H and O–H groups in total. The van der Waals surface area contributed by atoms with E-state index in [4.69, 9.17) is 9.47 Å². The summed E-state index contributed by atoms with van der Waals surface area (Å²) in [4.78, 5) is 8.96. The molecule has 0 bridgehead atoms. The Balaban J connectivity index is 2.96. The summed E-state index contributed by atoms with van der Waals surface area (Å²) in [5.41, 5.74) is 0.872. The smallest absolute Gasteiger partial charge is 0.159 e. The number of nitrogens with zero attached hydrogens (tertiary/aromatic N) is 2. The van der Waals surface area contributed by atoms with Crippen molar-refractivity contribution in [3.63, 3.8) is 0 Å². The molecule has 1 heterocycles. The third-order valence-corrected chi connectivity index (χ3v) is 2.59. The Morgan fingerprint density at radius 1 is 1.28 bits per heavy atom. The molecule has 18 heavy (non-hydrogen) atoms. The van der Waals surface area contributed by atoms with Crippen molar-refractivity contribution in [1.29, 1.82) is 0 Å². The van der Waals surface area contributed by atoms with Gasteiger partial charge < -0.3 is 14.8 Å². The lowest BCUT2D eigenvalue weighted by Crippen LogP contribution is -2.11. The molecular formula is C13H23N3O2. The van der Waals surface area contributed by atoms with E-state index in [1.54, 1.807) is 14.2 Å². The number of rotatable bonds is 8. The van der Waals surface area contributed by atoms with Crippen LogP contribution in [0.1, 0.15) is 44.3 Å². The first-order chi connectivity index (χ1) is 8.74. The number of nitrogens with one attached hydrogen (secondary N) is 1. The molecule has 0 fully saturated rings. The first-order valence-corrected chi connectivity index (χ1v) is 6.38. The Kier molecular flexibility index (Phi) is 6.60. The van der Waals surface area contributed by atoms with Gasteiger partial charge in [-0.1, -0.05) is 13.8 Å². The van der Waals surface area contributed by atoms with E-state index in [9.17, 15) is 0 Å². The van der Waals surface area contributed by atoms with Crippen molar-refractivity contribution in [2.24, 2.45) is 0 Å². The standard InChI is InChI=1S/C13H23N3O2/c1-5-7-14-12-8-10(9-17-3)15-13(16-12)11(6-2)18-4/h8,11H,5-7,9H2,1-4H3,(H,14,15,16). The molecule has 0 spiro atoms. The van der Waals surface area contributed by atoms with E-state index in [1.807, 2.05) is 6.07 Å². The van der Waals surface area contributed by atoms with E-state index >= 15 is 0 Å². The van der Waals surface area contributed by atoms with Crippen LogP contribution in [0.25, 0.3) is 0 Å². The monoisotopic (exact) mass is 253 g/mol. The molecule has 5 heteroatoms. The Morgan fingerprint density at radius 3 is 2.61 bits per heavy atom. The lowest BCUT2D eigenvalue weighted by molar-refractivity contribution is 0.0918. The maximum Gasteiger partial charge on any atom is 0.159 e. The van der Waals surface area contributed by atoms with Crippen molar-refractivity contribution in [3.8, 4) is 0 Å². The molecule has 0 amide bonds. The van der Waals surface area contributed by atoms with Crippen LogP contribution in [-0.2, 0) is 16.1 Å². The molecule has 5 nitrogen and oxygen atoms in total. The average Bonchev–Trinajstić information content (AvgIpc) is 2.38. The van der Waals surface area contributed by atoms with Gasteiger partial charge in [0.2, 0.25) is 0 Å². The zero-order valence-electron chi connectivity index (χ0n) is 11.7. The highest BCUT2D eigenvalue weighted by Gasteiger charge is 2.13. The van der Waals surface area contributed by atoms with Gasteiger partial charge in [-0.2, -0.15) is 0 Å². The SMILES string of the molecule is CCCNc1cc(COC)nc(C(CC)OC)n1. The quantitative estimate of drug-likeness (QED) is 0.771. The Bertz CT molecular complexity index is 354. The van der Waals surface area contributed by atoms with Crippen molar-refractivity contribution in [3.05, 3.63) is 17.6 Å². The molecule has 102 valence electrons. The minimum Gasteiger partial charge on any atom is -0.378 e. The average molecular weight is 253 g/mol. The molecule has 0 aliphatic rings. The molecule has 0 saturated heterocycles. The van der Waals surface area contributed by atoms with Gasteiger partial charge in [-0.25, -0.2) is 9.97 Å². The van der Waals surface area contributed by atoms with Crippen LogP contribution in [0.4, 0.5) is 5.82 Å². The van der Waals surface area contributed by atoms with Crippen LogP contribution in [0.2, 0.25) is 0 Å². The van der Waals surface area contributed by atoms with Gasteiger partial charge in [0.25, 0.3) is 0 Å². The van der Waals surface area contributed by atoms with Crippen LogP contribution in [0.5, 0.6) is 0 Å². The topological polar surface area (TPSA) is 56.3 Å². The number of hydrogen-bond acceptors (Lipinski definition) is 5. The van der Waals surface area contributed by atoms with E-state index in [1.165, 1.54) is 0 Å². The number of anilines is 1. The maximum absolute atomic E-state index is 5.38. The first-order valence-electron chi connectivity index (χ1n) is 6.38. The zero-order valence-corrected chi connectivity index (χ0v) is 11.7. The zero-order chi connectivity index (χ0) is 13.4. The van der Waals surface area contributed by atoms with Crippen molar-refractivity contribution in [1.82, 2.24) is 9.97 Å². The van der Waals surface area contributed by atoms with Gasteiger partial charge in [0.05, 0.1) is 12.3 Å². The minimum absolute atomic E-state index is 0.0658. The third-order valence-electron chi connectivity index (χ3n) is 2.59. The van der Waals surface area contributed by atoms with Crippen LogP contribution in [0.3, 0.4) is 0 Å². The van der Waals surface area contributed by atoms with Gasteiger partial charge >= 0.3 is 0 Å². The second kappa shape index (κ2) is 8.00. The van der Waals surface area contributed by atoms with Gasteiger partial charge in [0.1, 0.15) is 11.9 Å². The van der Waals surface area contributed by atoms with Crippen LogP contribution >= 0.6 is 0 Å². The summed E-state index contributed by atoms with van der Waals surface area (Å²) in [5.74, 6) is 1.55. The van der Waals surface area contributed by atoms with Crippen molar-refractivity contribution in [2.75, 3.05) is 26.1 Å². The molecule has 1 unspecified atom stereocenters. The summed E-state index contributed by atoms with van der Waals surface area (Å²) >= 11 is 0. The van der Waals surface area contributed by atoms with Crippen LogP contribution < -0.4 is 5.32 Å². The fraction of sp³-hybridized carbons (Fsp3) is 0.692. The Morgan fingerprint density at radius 2 is 2.06 bits per heavy atom. The van der Waals surface area contributed by atoms with Crippen molar-refractivity contribution in [2.45, 2.75) is 39.4 Å². The Hall–Kier alpha value is -1.20.